The van der Waals surface area contributed by atoms with E-state index >= 15 is 0 Å². The number of rotatable bonds is 4. The first-order valence-electron chi connectivity index (χ1n) is 6.19. The van der Waals surface area contributed by atoms with Gasteiger partial charge in [-0.3, -0.25) is 0 Å². The van der Waals surface area contributed by atoms with Gasteiger partial charge in [-0.2, -0.15) is 13.2 Å². The summed E-state index contributed by atoms with van der Waals surface area (Å²) in [6.07, 6.45) is -2.82. The number of fused-ring (bicyclic) bond motifs is 1. The van der Waals surface area contributed by atoms with E-state index in [1.165, 1.54) is 18.2 Å². The monoisotopic (exact) mass is 286 g/mol. The molecule has 0 radical (unpaired) electrons. The minimum absolute atomic E-state index is 0.126. The van der Waals surface area contributed by atoms with Crippen molar-refractivity contribution in [1.82, 2.24) is 0 Å². The van der Waals surface area contributed by atoms with Gasteiger partial charge >= 0.3 is 11.8 Å². The molecule has 0 unspecified atom stereocenters. The average molecular weight is 286 g/mol. The summed E-state index contributed by atoms with van der Waals surface area (Å²) in [6, 6.07) is 4.46. The Bertz CT molecular complexity index is 659. The third-order valence-corrected chi connectivity index (χ3v) is 2.79. The minimum atomic E-state index is -4.60. The summed E-state index contributed by atoms with van der Waals surface area (Å²) in [5, 5.41) is -0.153. The van der Waals surface area contributed by atoms with E-state index in [-0.39, 0.29) is 11.0 Å². The fourth-order valence-corrected chi connectivity index (χ4v) is 1.80. The van der Waals surface area contributed by atoms with Crippen molar-refractivity contribution in [3.63, 3.8) is 0 Å². The van der Waals surface area contributed by atoms with Crippen LogP contribution in [0.3, 0.4) is 0 Å². The highest BCUT2D eigenvalue weighted by Crippen LogP contribution is 2.34. The highest BCUT2D eigenvalue weighted by Gasteiger charge is 2.33. The van der Waals surface area contributed by atoms with Crippen molar-refractivity contribution in [2.75, 3.05) is 6.61 Å². The van der Waals surface area contributed by atoms with Gasteiger partial charge in [-0.15, -0.1) is 0 Å². The molecule has 0 aliphatic rings. The molecule has 0 aliphatic carbocycles. The SMILES string of the molecule is CCCCOc1ccc2c(C(F)(F)F)cc(=O)oc2c1. The molecule has 1 heterocycles. The first kappa shape index (κ1) is 14.4. The molecule has 0 fully saturated rings. The van der Waals surface area contributed by atoms with Crippen LogP contribution in [0.5, 0.6) is 5.75 Å². The van der Waals surface area contributed by atoms with E-state index in [1.54, 1.807) is 0 Å². The lowest BCUT2D eigenvalue weighted by atomic mass is 10.1. The summed E-state index contributed by atoms with van der Waals surface area (Å²) in [7, 11) is 0. The largest absolute Gasteiger partial charge is 0.493 e. The first-order chi connectivity index (χ1) is 9.41. The van der Waals surface area contributed by atoms with Gasteiger partial charge in [-0.25, -0.2) is 4.79 Å². The van der Waals surface area contributed by atoms with Gasteiger partial charge in [0.05, 0.1) is 12.2 Å². The predicted molar refractivity (Wildman–Crippen MR) is 67.9 cm³/mol. The second-order valence-electron chi connectivity index (χ2n) is 4.34. The van der Waals surface area contributed by atoms with Gasteiger partial charge in [0, 0.05) is 17.5 Å². The van der Waals surface area contributed by atoms with Gasteiger partial charge in [-0.1, -0.05) is 13.3 Å². The maximum Gasteiger partial charge on any atom is 0.417 e. The summed E-state index contributed by atoms with van der Waals surface area (Å²) in [6.45, 7) is 2.46. The van der Waals surface area contributed by atoms with Crippen molar-refractivity contribution in [2.45, 2.75) is 25.9 Å². The van der Waals surface area contributed by atoms with Crippen molar-refractivity contribution in [3.8, 4) is 5.75 Å². The molecule has 2 aromatic rings. The maximum absolute atomic E-state index is 12.8. The van der Waals surface area contributed by atoms with E-state index in [9.17, 15) is 18.0 Å². The van der Waals surface area contributed by atoms with E-state index in [0.717, 1.165) is 12.8 Å². The Labute approximate surface area is 113 Å². The summed E-state index contributed by atoms with van der Waals surface area (Å²) in [5.41, 5.74) is -2.15. The van der Waals surface area contributed by atoms with Gasteiger partial charge in [0.1, 0.15) is 11.3 Å². The topological polar surface area (TPSA) is 39.4 Å². The molecule has 0 bridgehead atoms. The van der Waals surface area contributed by atoms with Gasteiger partial charge < -0.3 is 9.15 Å². The van der Waals surface area contributed by atoms with Crippen molar-refractivity contribution in [1.29, 1.82) is 0 Å². The second kappa shape index (κ2) is 5.56. The Kier molecular flexibility index (Phi) is 4.01. The van der Waals surface area contributed by atoms with Gasteiger partial charge in [-0.05, 0) is 18.6 Å². The molecular weight excluding hydrogens is 273 g/mol. The molecule has 6 heteroatoms. The highest BCUT2D eigenvalue weighted by molar-refractivity contribution is 5.82. The Morgan fingerprint density at radius 3 is 2.65 bits per heavy atom. The third-order valence-electron chi connectivity index (χ3n) is 2.79. The first-order valence-corrected chi connectivity index (χ1v) is 6.19. The number of alkyl halides is 3. The van der Waals surface area contributed by atoms with Crippen LogP contribution in [-0.4, -0.2) is 6.61 Å². The molecule has 0 saturated heterocycles. The van der Waals surface area contributed by atoms with Crippen LogP contribution in [0.25, 0.3) is 11.0 Å². The van der Waals surface area contributed by atoms with Crippen molar-refractivity contribution in [3.05, 3.63) is 40.2 Å². The van der Waals surface area contributed by atoms with Crippen LogP contribution < -0.4 is 10.4 Å². The quantitative estimate of drug-likeness (QED) is 0.630. The molecule has 0 aliphatic heterocycles. The number of benzene rings is 1. The van der Waals surface area contributed by atoms with Gasteiger partial charge in [0.2, 0.25) is 0 Å². The average Bonchev–Trinajstić information content (AvgIpc) is 2.36. The van der Waals surface area contributed by atoms with Crippen LogP contribution in [0.4, 0.5) is 13.2 Å². The standard InChI is InChI=1S/C14H13F3O3/c1-2-3-6-19-9-4-5-10-11(14(15,16)17)8-13(18)20-12(10)7-9/h4-5,7-8H,2-3,6H2,1H3. The molecule has 0 saturated carbocycles. The molecule has 1 aromatic heterocycles. The van der Waals surface area contributed by atoms with Gasteiger partial charge in [0.25, 0.3) is 0 Å². The number of hydrogen-bond donors (Lipinski definition) is 0. The zero-order valence-electron chi connectivity index (χ0n) is 10.8. The number of ether oxygens (including phenoxy) is 1. The fraction of sp³-hybridized carbons (Fsp3) is 0.357. The minimum Gasteiger partial charge on any atom is -0.493 e. The van der Waals surface area contributed by atoms with Crippen LogP contribution in [0, 0.1) is 0 Å². The maximum atomic E-state index is 12.8. The lowest BCUT2D eigenvalue weighted by Crippen LogP contribution is -2.11. The molecule has 0 amide bonds. The molecule has 0 atom stereocenters. The predicted octanol–water partition coefficient (Wildman–Crippen LogP) is 3.99. The second-order valence-corrected chi connectivity index (χ2v) is 4.34. The van der Waals surface area contributed by atoms with Crippen LogP contribution in [0.15, 0.2) is 33.5 Å². The summed E-state index contributed by atoms with van der Waals surface area (Å²) in [4.78, 5) is 11.2. The van der Waals surface area contributed by atoms with E-state index in [4.69, 9.17) is 9.15 Å². The van der Waals surface area contributed by atoms with Crippen LogP contribution >= 0.6 is 0 Å². The molecule has 0 N–H and O–H groups in total. The number of halogens is 3. The van der Waals surface area contributed by atoms with Crippen LogP contribution in [-0.2, 0) is 6.18 Å². The normalized spacial score (nSPS) is 11.8. The molecule has 1 aromatic carbocycles. The zero-order chi connectivity index (χ0) is 14.8. The van der Waals surface area contributed by atoms with Crippen molar-refractivity contribution < 1.29 is 22.3 Å². The molecular formula is C14H13F3O3. The number of unbranched alkanes of at least 4 members (excludes halogenated alkanes) is 1. The Hall–Kier alpha value is -1.98. The fourth-order valence-electron chi connectivity index (χ4n) is 1.80. The molecule has 20 heavy (non-hydrogen) atoms. The van der Waals surface area contributed by atoms with Gasteiger partial charge in [0.15, 0.2) is 0 Å². The molecule has 0 spiro atoms. The third kappa shape index (κ3) is 3.12. The summed E-state index contributed by atoms with van der Waals surface area (Å²) in [5.74, 6) is 0.383. The lowest BCUT2D eigenvalue weighted by molar-refractivity contribution is -0.136. The van der Waals surface area contributed by atoms with Crippen LogP contribution in [0.1, 0.15) is 25.3 Å². The van der Waals surface area contributed by atoms with E-state index in [2.05, 4.69) is 0 Å². The highest BCUT2D eigenvalue weighted by atomic mass is 19.4. The van der Waals surface area contributed by atoms with Crippen molar-refractivity contribution in [2.24, 2.45) is 0 Å². The van der Waals surface area contributed by atoms with E-state index in [1.807, 2.05) is 6.92 Å². The summed E-state index contributed by atoms with van der Waals surface area (Å²) < 4.78 is 48.7. The Morgan fingerprint density at radius 1 is 1.25 bits per heavy atom. The zero-order valence-corrected chi connectivity index (χ0v) is 10.8. The van der Waals surface area contributed by atoms with Crippen LogP contribution in [0.2, 0.25) is 0 Å². The van der Waals surface area contributed by atoms with E-state index in [0.29, 0.717) is 18.4 Å². The number of hydrogen-bond acceptors (Lipinski definition) is 3. The smallest absolute Gasteiger partial charge is 0.417 e. The Morgan fingerprint density at radius 2 is 2.00 bits per heavy atom. The molecule has 2 rings (SSSR count). The lowest BCUT2D eigenvalue weighted by Gasteiger charge is -2.10. The van der Waals surface area contributed by atoms with Crippen molar-refractivity contribution >= 4 is 11.0 Å². The Balaban J connectivity index is 2.46. The summed E-state index contributed by atoms with van der Waals surface area (Å²) >= 11 is 0. The van der Waals surface area contributed by atoms with E-state index < -0.39 is 17.4 Å². The molecule has 108 valence electrons. The molecule has 3 nitrogen and oxygen atoms in total.